The molecule has 0 saturated carbocycles. The van der Waals surface area contributed by atoms with Crippen molar-refractivity contribution in [2.24, 2.45) is 0 Å². The van der Waals surface area contributed by atoms with Crippen LogP contribution in [-0.4, -0.2) is 18.6 Å². The Morgan fingerprint density at radius 1 is 1.32 bits per heavy atom. The molecule has 0 saturated heterocycles. The molecule has 0 aliphatic rings. The predicted octanol–water partition coefficient (Wildman–Crippen LogP) is 2.56. The zero-order chi connectivity index (χ0) is 14.2. The SMILES string of the molecule is Cc1[nH]nc(NS(=O)(=O)c2c(F)cccc2F)c1Br. The predicted molar refractivity (Wildman–Crippen MR) is 68.2 cm³/mol. The summed E-state index contributed by atoms with van der Waals surface area (Å²) in [6, 6.07) is 2.81. The van der Waals surface area contributed by atoms with E-state index in [4.69, 9.17) is 0 Å². The van der Waals surface area contributed by atoms with Crippen LogP contribution < -0.4 is 4.72 Å². The lowest BCUT2D eigenvalue weighted by atomic mass is 10.3. The van der Waals surface area contributed by atoms with Crippen molar-refractivity contribution in [1.29, 1.82) is 0 Å². The van der Waals surface area contributed by atoms with Gasteiger partial charge in [-0.2, -0.15) is 5.10 Å². The number of aromatic nitrogens is 2. The van der Waals surface area contributed by atoms with Gasteiger partial charge in [-0.25, -0.2) is 17.2 Å². The van der Waals surface area contributed by atoms with Crippen molar-refractivity contribution >= 4 is 31.8 Å². The van der Waals surface area contributed by atoms with Gasteiger partial charge in [0.1, 0.15) is 11.6 Å². The molecule has 1 aromatic carbocycles. The van der Waals surface area contributed by atoms with Crippen molar-refractivity contribution in [2.75, 3.05) is 4.72 Å². The van der Waals surface area contributed by atoms with E-state index < -0.39 is 26.6 Å². The number of aryl methyl sites for hydroxylation is 1. The Bertz CT molecular complexity index is 710. The van der Waals surface area contributed by atoms with E-state index >= 15 is 0 Å². The Kier molecular flexibility index (Phi) is 3.59. The Morgan fingerprint density at radius 3 is 2.37 bits per heavy atom. The van der Waals surface area contributed by atoms with Gasteiger partial charge in [0, 0.05) is 5.69 Å². The van der Waals surface area contributed by atoms with Crippen LogP contribution >= 0.6 is 15.9 Å². The van der Waals surface area contributed by atoms with Crippen molar-refractivity contribution in [3.05, 3.63) is 40.0 Å². The fourth-order valence-corrected chi connectivity index (χ4v) is 2.96. The van der Waals surface area contributed by atoms with E-state index in [9.17, 15) is 17.2 Å². The second-order valence-electron chi connectivity index (χ2n) is 3.67. The molecule has 0 aliphatic carbocycles. The summed E-state index contributed by atoms with van der Waals surface area (Å²) in [6.45, 7) is 1.65. The first-order valence-corrected chi connectivity index (χ1v) is 7.28. The summed E-state index contributed by atoms with van der Waals surface area (Å²) in [4.78, 5) is -1.04. The summed E-state index contributed by atoms with van der Waals surface area (Å²) in [5.74, 6) is -2.41. The molecule has 19 heavy (non-hydrogen) atoms. The van der Waals surface area contributed by atoms with Crippen LogP contribution in [0.15, 0.2) is 27.6 Å². The number of nitrogens with zero attached hydrogens (tertiary/aromatic N) is 1. The number of aromatic amines is 1. The van der Waals surface area contributed by atoms with Crippen LogP contribution in [-0.2, 0) is 10.0 Å². The standard InChI is InChI=1S/C10H8BrF2N3O2S/c1-5-8(11)10(15-14-5)16-19(17,18)9-6(12)3-2-4-7(9)13/h2-4H,1H3,(H2,14,15,16). The first-order chi connectivity index (χ1) is 8.83. The molecule has 5 nitrogen and oxygen atoms in total. The quantitative estimate of drug-likeness (QED) is 0.892. The van der Waals surface area contributed by atoms with E-state index in [0.717, 1.165) is 18.2 Å². The summed E-state index contributed by atoms with van der Waals surface area (Å²) < 4.78 is 53.2. The third-order valence-corrected chi connectivity index (χ3v) is 4.65. The van der Waals surface area contributed by atoms with Crippen molar-refractivity contribution in [3.8, 4) is 0 Å². The maximum atomic E-state index is 13.5. The Balaban J connectivity index is 2.47. The molecule has 0 atom stereocenters. The molecule has 0 aliphatic heterocycles. The highest BCUT2D eigenvalue weighted by atomic mass is 79.9. The zero-order valence-electron chi connectivity index (χ0n) is 9.54. The highest BCUT2D eigenvalue weighted by Crippen LogP contribution is 2.27. The first-order valence-electron chi connectivity index (χ1n) is 5.00. The van der Waals surface area contributed by atoms with Crippen LogP contribution in [0.2, 0.25) is 0 Å². The molecule has 2 N–H and O–H groups in total. The molecule has 1 aromatic heterocycles. The largest absolute Gasteiger partial charge is 0.280 e. The number of hydrogen-bond donors (Lipinski definition) is 2. The lowest BCUT2D eigenvalue weighted by Gasteiger charge is -2.07. The molecule has 0 bridgehead atoms. The van der Waals surface area contributed by atoms with Gasteiger partial charge in [-0.15, -0.1) is 0 Å². The molecule has 0 fully saturated rings. The number of benzene rings is 1. The number of halogens is 3. The van der Waals surface area contributed by atoms with Crippen LogP contribution in [0.5, 0.6) is 0 Å². The van der Waals surface area contributed by atoms with Crippen molar-refractivity contribution in [1.82, 2.24) is 10.2 Å². The molecule has 1 heterocycles. The van der Waals surface area contributed by atoms with E-state index in [1.54, 1.807) is 6.92 Å². The Hall–Kier alpha value is -1.48. The van der Waals surface area contributed by atoms with E-state index in [-0.39, 0.29) is 5.82 Å². The van der Waals surface area contributed by atoms with E-state index in [2.05, 4.69) is 26.1 Å². The fourth-order valence-electron chi connectivity index (χ4n) is 1.40. The normalized spacial score (nSPS) is 11.6. The van der Waals surface area contributed by atoms with Gasteiger partial charge >= 0.3 is 0 Å². The lowest BCUT2D eigenvalue weighted by molar-refractivity contribution is 0.521. The number of nitrogens with one attached hydrogen (secondary N) is 2. The van der Waals surface area contributed by atoms with Gasteiger partial charge in [-0.3, -0.25) is 9.82 Å². The van der Waals surface area contributed by atoms with Gasteiger partial charge in [0.2, 0.25) is 0 Å². The smallest absolute Gasteiger partial charge is 0.268 e. The van der Waals surface area contributed by atoms with Crippen molar-refractivity contribution < 1.29 is 17.2 Å². The van der Waals surface area contributed by atoms with Gasteiger partial charge in [-0.1, -0.05) is 6.07 Å². The van der Waals surface area contributed by atoms with Crippen LogP contribution in [0, 0.1) is 18.6 Å². The van der Waals surface area contributed by atoms with Gasteiger partial charge in [0.25, 0.3) is 10.0 Å². The number of sulfonamides is 1. The summed E-state index contributed by atoms with van der Waals surface area (Å²) in [5.41, 5.74) is 0.576. The molecule has 102 valence electrons. The molecule has 0 spiro atoms. The van der Waals surface area contributed by atoms with Crippen LogP contribution in [0.25, 0.3) is 0 Å². The molecule has 2 rings (SSSR count). The minimum absolute atomic E-state index is 0.0693. The minimum atomic E-state index is -4.40. The molecule has 0 unspecified atom stereocenters. The topological polar surface area (TPSA) is 74.8 Å². The van der Waals surface area contributed by atoms with Crippen molar-refractivity contribution in [3.63, 3.8) is 0 Å². The maximum Gasteiger partial charge on any atom is 0.268 e. The zero-order valence-corrected chi connectivity index (χ0v) is 11.9. The molecule has 9 heteroatoms. The average molecular weight is 352 g/mol. The molecular weight excluding hydrogens is 344 g/mol. The van der Waals surface area contributed by atoms with Gasteiger partial charge in [0.15, 0.2) is 10.7 Å². The van der Waals surface area contributed by atoms with E-state index in [1.807, 2.05) is 4.72 Å². The Morgan fingerprint density at radius 2 is 1.89 bits per heavy atom. The minimum Gasteiger partial charge on any atom is -0.280 e. The highest BCUT2D eigenvalue weighted by Gasteiger charge is 2.25. The van der Waals surface area contributed by atoms with Gasteiger partial charge < -0.3 is 0 Å². The summed E-state index contributed by atoms with van der Waals surface area (Å²) in [7, 11) is -4.40. The molecular formula is C10H8BrF2N3O2S. The lowest BCUT2D eigenvalue weighted by Crippen LogP contribution is -2.17. The summed E-state index contributed by atoms with van der Waals surface area (Å²) >= 11 is 3.10. The number of anilines is 1. The number of rotatable bonds is 3. The van der Waals surface area contributed by atoms with Gasteiger partial charge in [-0.05, 0) is 35.0 Å². The molecule has 2 aromatic rings. The second-order valence-corrected chi connectivity index (χ2v) is 6.08. The monoisotopic (exact) mass is 351 g/mol. The maximum absolute atomic E-state index is 13.5. The van der Waals surface area contributed by atoms with Crippen LogP contribution in [0.1, 0.15) is 5.69 Å². The van der Waals surface area contributed by atoms with Crippen LogP contribution in [0.4, 0.5) is 14.6 Å². The Labute approximate surface area is 116 Å². The third kappa shape index (κ3) is 2.61. The van der Waals surface area contributed by atoms with E-state index in [1.165, 1.54) is 0 Å². The summed E-state index contributed by atoms with van der Waals surface area (Å²) in [5, 5.41) is 6.21. The van der Waals surface area contributed by atoms with Crippen molar-refractivity contribution in [2.45, 2.75) is 11.8 Å². The number of hydrogen-bond acceptors (Lipinski definition) is 3. The third-order valence-electron chi connectivity index (χ3n) is 2.29. The number of H-pyrrole nitrogens is 1. The van der Waals surface area contributed by atoms with E-state index in [0.29, 0.717) is 10.2 Å². The summed E-state index contributed by atoms with van der Waals surface area (Å²) in [6.07, 6.45) is 0. The van der Waals surface area contributed by atoms with Crippen LogP contribution in [0.3, 0.4) is 0 Å². The average Bonchev–Trinajstić information content (AvgIpc) is 2.60. The van der Waals surface area contributed by atoms with Gasteiger partial charge in [0.05, 0.1) is 4.47 Å². The first kappa shape index (κ1) is 13.9. The molecule has 0 amide bonds. The molecule has 0 radical (unpaired) electrons. The highest BCUT2D eigenvalue weighted by molar-refractivity contribution is 9.10. The fraction of sp³-hybridized carbons (Fsp3) is 0.100. The second kappa shape index (κ2) is 4.89.